The molecule has 7 nitrogen and oxygen atoms in total. The van der Waals surface area contributed by atoms with Gasteiger partial charge >= 0.3 is 0 Å². The first kappa shape index (κ1) is 26.2. The lowest BCUT2D eigenvalue weighted by molar-refractivity contribution is 0.221. The van der Waals surface area contributed by atoms with Crippen LogP contribution in [0.5, 0.6) is 5.75 Å². The normalized spacial score (nSPS) is 11.3. The van der Waals surface area contributed by atoms with Crippen LogP contribution < -0.4 is 15.4 Å². The zero-order chi connectivity index (χ0) is 21.1. The van der Waals surface area contributed by atoms with Gasteiger partial charge in [-0.25, -0.2) is 9.98 Å². The Hall–Kier alpha value is -1.81. The summed E-state index contributed by atoms with van der Waals surface area (Å²) < 4.78 is 11.7. The third-order valence-corrected chi connectivity index (χ3v) is 4.76. The number of nitrogens with one attached hydrogen (secondary N) is 2. The highest BCUT2D eigenvalue weighted by Crippen LogP contribution is 2.19. The zero-order valence-corrected chi connectivity index (χ0v) is 21.2. The minimum absolute atomic E-state index is 0. The molecule has 0 saturated carbocycles. The third-order valence-electron chi connectivity index (χ3n) is 4.76. The number of rotatable bonds is 11. The summed E-state index contributed by atoms with van der Waals surface area (Å²) in [6, 6.07) is 8.07. The highest BCUT2D eigenvalue weighted by molar-refractivity contribution is 14.0. The molecule has 2 rings (SSSR count). The lowest BCUT2D eigenvalue weighted by atomic mass is 10.2. The number of aryl methyl sites for hydroxylation is 2. The predicted molar refractivity (Wildman–Crippen MR) is 133 cm³/mol. The van der Waals surface area contributed by atoms with E-state index in [1.165, 1.54) is 0 Å². The number of hydrogen-bond acceptors (Lipinski definition) is 5. The molecule has 0 aliphatic rings. The second-order valence-electron chi connectivity index (χ2n) is 6.78. The van der Waals surface area contributed by atoms with E-state index in [1.807, 2.05) is 39.0 Å². The molecule has 168 valence electrons. The van der Waals surface area contributed by atoms with Crippen LogP contribution in [-0.4, -0.2) is 48.6 Å². The highest BCUT2D eigenvalue weighted by atomic mass is 127. The van der Waals surface area contributed by atoms with E-state index in [1.54, 1.807) is 0 Å². The molecule has 0 unspecified atom stereocenters. The number of benzene rings is 1. The fourth-order valence-corrected chi connectivity index (χ4v) is 2.88. The number of oxazole rings is 1. The van der Waals surface area contributed by atoms with Crippen molar-refractivity contribution in [3.8, 4) is 5.75 Å². The topological polar surface area (TPSA) is 74.9 Å². The first-order valence-corrected chi connectivity index (χ1v) is 10.4. The standard InChI is InChI=1S/C22H35N5O2.HI/c1-6-23-22(25-16-21-26-17(4)18(5)29-21)24-15-19-11-9-10-12-20(19)28-14-13-27(7-2)8-3;/h9-12H,6-8,13-16H2,1-5H3,(H2,23,24,25);1H. The van der Waals surface area contributed by atoms with Crippen LogP contribution in [0.2, 0.25) is 0 Å². The Bertz CT molecular complexity index is 755. The number of hydrogen-bond donors (Lipinski definition) is 2. The first-order chi connectivity index (χ1) is 14.1. The van der Waals surface area contributed by atoms with Crippen molar-refractivity contribution in [3.05, 3.63) is 47.2 Å². The monoisotopic (exact) mass is 529 g/mol. The number of ether oxygens (including phenoxy) is 1. The average Bonchev–Trinajstić information content (AvgIpc) is 3.05. The number of nitrogens with zero attached hydrogens (tertiary/aromatic N) is 3. The van der Waals surface area contributed by atoms with Gasteiger partial charge in [0.05, 0.1) is 18.8 Å². The van der Waals surface area contributed by atoms with Gasteiger partial charge in [0.2, 0.25) is 5.89 Å². The van der Waals surface area contributed by atoms with Crippen LogP contribution >= 0.6 is 24.0 Å². The predicted octanol–water partition coefficient (Wildman–Crippen LogP) is 3.89. The smallest absolute Gasteiger partial charge is 0.214 e. The molecule has 1 heterocycles. The van der Waals surface area contributed by atoms with E-state index in [0.717, 1.165) is 54.9 Å². The van der Waals surface area contributed by atoms with E-state index in [9.17, 15) is 0 Å². The van der Waals surface area contributed by atoms with Crippen LogP contribution in [0.4, 0.5) is 0 Å². The highest BCUT2D eigenvalue weighted by Gasteiger charge is 2.08. The Morgan fingerprint density at radius 1 is 1.13 bits per heavy atom. The van der Waals surface area contributed by atoms with E-state index in [-0.39, 0.29) is 24.0 Å². The van der Waals surface area contributed by atoms with Gasteiger partial charge in [-0.3, -0.25) is 0 Å². The summed E-state index contributed by atoms with van der Waals surface area (Å²) in [5.41, 5.74) is 1.98. The van der Waals surface area contributed by atoms with Crippen LogP contribution in [0.25, 0.3) is 0 Å². The van der Waals surface area contributed by atoms with Crippen LogP contribution in [-0.2, 0) is 13.1 Å². The van der Waals surface area contributed by atoms with Gasteiger partial charge in [-0.1, -0.05) is 32.0 Å². The second-order valence-corrected chi connectivity index (χ2v) is 6.78. The van der Waals surface area contributed by atoms with Gasteiger partial charge < -0.3 is 24.7 Å². The van der Waals surface area contributed by atoms with Crippen molar-refractivity contribution in [3.63, 3.8) is 0 Å². The largest absolute Gasteiger partial charge is 0.492 e. The van der Waals surface area contributed by atoms with Crippen LogP contribution in [0.1, 0.15) is 43.7 Å². The minimum Gasteiger partial charge on any atom is -0.492 e. The van der Waals surface area contributed by atoms with Gasteiger partial charge in [-0.05, 0) is 39.9 Å². The average molecular weight is 529 g/mol. The number of halogens is 1. The van der Waals surface area contributed by atoms with E-state index >= 15 is 0 Å². The van der Waals surface area contributed by atoms with Crippen molar-refractivity contribution < 1.29 is 9.15 Å². The molecular weight excluding hydrogens is 493 g/mol. The first-order valence-electron chi connectivity index (χ1n) is 10.4. The molecule has 0 fully saturated rings. The van der Waals surface area contributed by atoms with Crippen molar-refractivity contribution in [2.24, 2.45) is 4.99 Å². The van der Waals surface area contributed by atoms with Crippen LogP contribution in [0, 0.1) is 13.8 Å². The zero-order valence-electron chi connectivity index (χ0n) is 18.8. The molecule has 2 aromatic rings. The van der Waals surface area contributed by atoms with Gasteiger partial charge in [-0.2, -0.15) is 0 Å². The Balaban J connectivity index is 0.00000450. The van der Waals surface area contributed by atoms with Gasteiger partial charge in [0.25, 0.3) is 0 Å². The summed E-state index contributed by atoms with van der Waals surface area (Å²) in [6.45, 7) is 15.7. The number of aromatic nitrogens is 1. The fourth-order valence-electron chi connectivity index (χ4n) is 2.88. The van der Waals surface area contributed by atoms with Crippen molar-refractivity contribution in [2.75, 3.05) is 32.8 Å². The van der Waals surface area contributed by atoms with Gasteiger partial charge in [0.1, 0.15) is 18.1 Å². The molecule has 30 heavy (non-hydrogen) atoms. The summed E-state index contributed by atoms with van der Waals surface area (Å²) in [6.07, 6.45) is 0. The van der Waals surface area contributed by atoms with E-state index < -0.39 is 0 Å². The molecule has 0 atom stereocenters. The number of guanidine groups is 1. The van der Waals surface area contributed by atoms with Crippen molar-refractivity contribution in [2.45, 2.75) is 47.7 Å². The number of likely N-dealkylation sites (N-methyl/N-ethyl adjacent to an activating group) is 1. The summed E-state index contributed by atoms with van der Waals surface area (Å²) in [4.78, 5) is 11.4. The van der Waals surface area contributed by atoms with Crippen LogP contribution in [0.15, 0.2) is 33.7 Å². The maximum absolute atomic E-state index is 6.03. The molecule has 0 amide bonds. The molecule has 0 radical (unpaired) electrons. The van der Waals surface area contributed by atoms with E-state index in [4.69, 9.17) is 14.1 Å². The van der Waals surface area contributed by atoms with Crippen molar-refractivity contribution >= 4 is 29.9 Å². The molecule has 1 aromatic carbocycles. The summed E-state index contributed by atoms with van der Waals surface area (Å²) in [5.74, 6) is 3.11. The van der Waals surface area contributed by atoms with Crippen molar-refractivity contribution in [1.82, 2.24) is 20.5 Å². The minimum atomic E-state index is 0. The van der Waals surface area contributed by atoms with Gasteiger partial charge in [0, 0.05) is 18.7 Å². The van der Waals surface area contributed by atoms with Crippen molar-refractivity contribution in [1.29, 1.82) is 0 Å². The van der Waals surface area contributed by atoms with E-state index in [0.29, 0.717) is 25.6 Å². The Morgan fingerprint density at radius 2 is 1.87 bits per heavy atom. The molecule has 0 aliphatic carbocycles. The van der Waals surface area contributed by atoms with E-state index in [2.05, 4.69) is 40.4 Å². The molecule has 0 bridgehead atoms. The third kappa shape index (κ3) is 8.51. The molecule has 0 aliphatic heterocycles. The lowest BCUT2D eigenvalue weighted by Crippen LogP contribution is -2.36. The fraction of sp³-hybridized carbons (Fsp3) is 0.545. The lowest BCUT2D eigenvalue weighted by Gasteiger charge is -2.18. The molecule has 8 heteroatoms. The molecule has 2 N–H and O–H groups in total. The van der Waals surface area contributed by atoms with Gasteiger partial charge in [-0.15, -0.1) is 24.0 Å². The molecule has 0 spiro atoms. The second kappa shape index (κ2) is 14.2. The SMILES string of the molecule is CCNC(=NCc1ccccc1OCCN(CC)CC)NCc1nc(C)c(C)o1.I. The molecule has 0 saturated heterocycles. The molecular formula is C22H36IN5O2. The summed E-state index contributed by atoms with van der Waals surface area (Å²) >= 11 is 0. The summed E-state index contributed by atoms with van der Waals surface area (Å²) in [7, 11) is 0. The quantitative estimate of drug-likeness (QED) is 0.262. The van der Waals surface area contributed by atoms with Gasteiger partial charge in [0.15, 0.2) is 5.96 Å². The maximum Gasteiger partial charge on any atom is 0.214 e. The maximum atomic E-state index is 6.03. The summed E-state index contributed by atoms with van der Waals surface area (Å²) in [5, 5.41) is 6.53. The number of aliphatic imine (C=N–C) groups is 1. The Kier molecular flexibility index (Phi) is 12.4. The van der Waals surface area contributed by atoms with Crippen LogP contribution in [0.3, 0.4) is 0 Å². The molecule has 1 aromatic heterocycles. The number of para-hydroxylation sites is 1. The Morgan fingerprint density at radius 3 is 2.50 bits per heavy atom. The Labute approximate surface area is 197 Å².